The lowest BCUT2D eigenvalue weighted by atomic mass is 9.98. The highest BCUT2D eigenvalue weighted by Gasteiger charge is 2.20. The van der Waals surface area contributed by atoms with Crippen molar-refractivity contribution in [3.8, 4) is 34.9 Å². The van der Waals surface area contributed by atoms with Crippen molar-refractivity contribution in [2.75, 3.05) is 19.0 Å². The Bertz CT molecular complexity index is 1920. The molecular weight excluding hydrogens is 472 g/mol. The average molecular weight is 501 g/mol. The number of hydrogen-bond acceptors (Lipinski definition) is 1. The predicted molar refractivity (Wildman–Crippen MR) is 165 cm³/mol. The van der Waals surface area contributed by atoms with E-state index >= 15 is 0 Å². The van der Waals surface area contributed by atoms with E-state index in [1.807, 2.05) is 48.5 Å². The van der Waals surface area contributed by atoms with Crippen molar-refractivity contribution >= 4 is 27.4 Å². The standard InChI is InChI=1S/C37H28N2/c1-38(2)36-31(21-19-27-13-7-4-8-14-27)23-22-29-24-26-33-32(25-20-28-15-9-5-10-16-28)35(30-17-11-6-12-18-30)39(3)37(33)34(29)36/h4-18,22-24,26H,1-3H3. The number of hydrogen-bond donors (Lipinski definition) is 0. The van der Waals surface area contributed by atoms with Gasteiger partial charge < -0.3 is 9.47 Å². The minimum Gasteiger partial charge on any atom is -0.376 e. The number of anilines is 1. The molecule has 0 bridgehead atoms. The minimum absolute atomic E-state index is 1.00. The molecule has 6 aromatic rings. The highest BCUT2D eigenvalue weighted by molar-refractivity contribution is 6.16. The lowest BCUT2D eigenvalue weighted by Gasteiger charge is -2.19. The van der Waals surface area contributed by atoms with Crippen LogP contribution in [-0.2, 0) is 7.05 Å². The molecule has 0 N–H and O–H groups in total. The summed E-state index contributed by atoms with van der Waals surface area (Å²) in [5, 5.41) is 3.51. The molecule has 0 fully saturated rings. The number of aromatic nitrogens is 1. The molecule has 0 amide bonds. The van der Waals surface area contributed by atoms with Crippen LogP contribution in [0.2, 0.25) is 0 Å². The lowest BCUT2D eigenvalue weighted by Crippen LogP contribution is -2.11. The van der Waals surface area contributed by atoms with Crippen LogP contribution >= 0.6 is 0 Å². The summed E-state index contributed by atoms with van der Waals surface area (Å²) in [4.78, 5) is 2.18. The summed E-state index contributed by atoms with van der Waals surface area (Å²) in [6.45, 7) is 0. The quantitative estimate of drug-likeness (QED) is 0.220. The SMILES string of the molecule is CN(C)c1c(C#Cc2ccccc2)ccc2ccc3c(C#Cc4ccccc4)c(-c4ccccc4)n(C)c3c12. The molecule has 0 aliphatic heterocycles. The zero-order chi connectivity index (χ0) is 26.8. The van der Waals surface area contributed by atoms with Crippen LogP contribution in [0.3, 0.4) is 0 Å². The smallest absolute Gasteiger partial charge is 0.0648 e. The van der Waals surface area contributed by atoms with E-state index < -0.39 is 0 Å². The topological polar surface area (TPSA) is 8.17 Å². The summed E-state index contributed by atoms with van der Waals surface area (Å²) in [6, 6.07) is 39.6. The van der Waals surface area contributed by atoms with Gasteiger partial charge in [0.25, 0.3) is 0 Å². The van der Waals surface area contributed by atoms with Crippen LogP contribution in [0, 0.1) is 23.7 Å². The van der Waals surface area contributed by atoms with Crippen LogP contribution in [0.25, 0.3) is 32.9 Å². The summed E-state index contributed by atoms with van der Waals surface area (Å²) in [7, 11) is 6.34. The third-order valence-corrected chi connectivity index (χ3v) is 7.02. The summed E-state index contributed by atoms with van der Waals surface area (Å²) < 4.78 is 2.31. The number of rotatable bonds is 2. The van der Waals surface area contributed by atoms with Crippen LogP contribution in [0.15, 0.2) is 115 Å². The van der Waals surface area contributed by atoms with E-state index in [2.05, 4.69) is 121 Å². The molecule has 0 atom stereocenters. The van der Waals surface area contributed by atoms with Gasteiger partial charge in [-0.1, -0.05) is 109 Å². The normalized spacial score (nSPS) is 10.5. The van der Waals surface area contributed by atoms with E-state index in [1.54, 1.807) is 0 Å². The van der Waals surface area contributed by atoms with E-state index in [-0.39, 0.29) is 0 Å². The third-order valence-electron chi connectivity index (χ3n) is 7.02. The molecule has 5 aromatic carbocycles. The van der Waals surface area contributed by atoms with Gasteiger partial charge in [-0.15, -0.1) is 0 Å². The molecule has 2 heteroatoms. The molecule has 39 heavy (non-hydrogen) atoms. The summed E-state index contributed by atoms with van der Waals surface area (Å²) in [6.07, 6.45) is 0. The Balaban J connectivity index is 1.68. The largest absolute Gasteiger partial charge is 0.376 e. The first kappa shape index (κ1) is 24.2. The van der Waals surface area contributed by atoms with Crippen molar-refractivity contribution < 1.29 is 0 Å². The molecule has 0 spiro atoms. The van der Waals surface area contributed by atoms with E-state index in [4.69, 9.17) is 0 Å². The summed E-state index contributed by atoms with van der Waals surface area (Å²) >= 11 is 0. The van der Waals surface area contributed by atoms with Gasteiger partial charge in [-0.2, -0.15) is 0 Å². The van der Waals surface area contributed by atoms with Crippen LogP contribution in [-0.4, -0.2) is 18.7 Å². The second-order valence-corrected chi connectivity index (χ2v) is 9.80. The molecular formula is C37H28N2. The number of benzene rings is 5. The van der Waals surface area contributed by atoms with E-state index in [9.17, 15) is 0 Å². The van der Waals surface area contributed by atoms with Gasteiger partial charge in [-0.25, -0.2) is 0 Å². The average Bonchev–Trinajstić information content (AvgIpc) is 3.27. The summed E-state index contributed by atoms with van der Waals surface area (Å²) in [5.74, 6) is 13.8. The van der Waals surface area contributed by atoms with E-state index in [0.29, 0.717) is 0 Å². The maximum atomic E-state index is 3.55. The van der Waals surface area contributed by atoms with Crippen LogP contribution < -0.4 is 4.90 Å². The molecule has 0 aliphatic rings. The maximum Gasteiger partial charge on any atom is 0.0648 e. The Morgan fingerprint density at radius 3 is 1.77 bits per heavy atom. The Morgan fingerprint density at radius 2 is 1.15 bits per heavy atom. The molecule has 0 unspecified atom stereocenters. The first-order valence-corrected chi connectivity index (χ1v) is 13.1. The molecule has 0 radical (unpaired) electrons. The van der Waals surface area contributed by atoms with Crippen molar-refractivity contribution in [3.63, 3.8) is 0 Å². The molecule has 0 aliphatic carbocycles. The van der Waals surface area contributed by atoms with Gasteiger partial charge in [-0.05, 0) is 41.3 Å². The minimum atomic E-state index is 1.00. The van der Waals surface area contributed by atoms with Gasteiger partial charge in [0.05, 0.1) is 22.5 Å². The molecule has 0 saturated carbocycles. The first-order chi connectivity index (χ1) is 19.1. The molecule has 6 rings (SSSR count). The van der Waals surface area contributed by atoms with Gasteiger partial charge in [-0.3, -0.25) is 0 Å². The monoisotopic (exact) mass is 500 g/mol. The third kappa shape index (κ3) is 4.54. The molecule has 1 heterocycles. The van der Waals surface area contributed by atoms with Crippen molar-refractivity contribution in [3.05, 3.63) is 138 Å². The molecule has 2 nitrogen and oxygen atoms in total. The van der Waals surface area contributed by atoms with Gasteiger partial charge in [0.2, 0.25) is 0 Å². The number of aryl methyl sites for hydroxylation is 1. The molecule has 0 saturated heterocycles. The second-order valence-electron chi connectivity index (χ2n) is 9.80. The van der Waals surface area contributed by atoms with E-state index in [1.165, 1.54) is 10.8 Å². The molecule has 1 aromatic heterocycles. The van der Waals surface area contributed by atoms with Gasteiger partial charge in [0.15, 0.2) is 0 Å². The van der Waals surface area contributed by atoms with Crippen LogP contribution in [0.5, 0.6) is 0 Å². The Labute approximate surface area is 230 Å². The fourth-order valence-corrected chi connectivity index (χ4v) is 5.28. The molecule has 186 valence electrons. The van der Waals surface area contributed by atoms with Crippen molar-refractivity contribution in [1.82, 2.24) is 4.57 Å². The van der Waals surface area contributed by atoms with Gasteiger partial charge in [0.1, 0.15) is 0 Å². The number of nitrogens with zero attached hydrogens (tertiary/aromatic N) is 2. The van der Waals surface area contributed by atoms with E-state index in [0.717, 1.165) is 50.1 Å². The fourth-order valence-electron chi connectivity index (χ4n) is 5.28. The Morgan fingerprint density at radius 1 is 0.590 bits per heavy atom. The van der Waals surface area contributed by atoms with Crippen molar-refractivity contribution in [1.29, 1.82) is 0 Å². The van der Waals surface area contributed by atoms with Crippen molar-refractivity contribution in [2.45, 2.75) is 0 Å². The fraction of sp³-hybridized carbons (Fsp3) is 0.0811. The lowest BCUT2D eigenvalue weighted by molar-refractivity contribution is 0.980. The van der Waals surface area contributed by atoms with Crippen LogP contribution in [0.1, 0.15) is 22.3 Å². The van der Waals surface area contributed by atoms with Crippen molar-refractivity contribution in [2.24, 2.45) is 7.05 Å². The highest BCUT2D eigenvalue weighted by atomic mass is 15.1. The Hall–Kier alpha value is -5.18. The summed E-state index contributed by atoms with van der Waals surface area (Å²) in [5.41, 5.74) is 8.59. The predicted octanol–water partition coefficient (Wildman–Crippen LogP) is 7.86. The van der Waals surface area contributed by atoms with Gasteiger partial charge in [0, 0.05) is 48.6 Å². The maximum absolute atomic E-state index is 3.55. The highest BCUT2D eigenvalue weighted by Crippen LogP contribution is 2.41. The number of fused-ring (bicyclic) bond motifs is 3. The zero-order valence-corrected chi connectivity index (χ0v) is 22.4. The Kier molecular flexibility index (Phi) is 6.38. The zero-order valence-electron chi connectivity index (χ0n) is 22.4. The first-order valence-electron chi connectivity index (χ1n) is 13.1. The second kappa shape index (κ2) is 10.3. The van der Waals surface area contributed by atoms with Gasteiger partial charge >= 0.3 is 0 Å². The van der Waals surface area contributed by atoms with Crippen LogP contribution in [0.4, 0.5) is 5.69 Å².